The zero-order valence-corrected chi connectivity index (χ0v) is 23.3. The number of hydrogen-bond acceptors (Lipinski definition) is 6. The number of ether oxygens (including phenoxy) is 1. The van der Waals surface area contributed by atoms with Gasteiger partial charge in [-0.15, -0.1) is 0 Å². The molecule has 0 bridgehead atoms. The van der Waals surface area contributed by atoms with E-state index in [9.17, 15) is 18.5 Å². The molecule has 0 unspecified atom stereocenters. The van der Waals surface area contributed by atoms with Crippen molar-refractivity contribution in [2.45, 2.75) is 24.7 Å². The van der Waals surface area contributed by atoms with E-state index >= 15 is 0 Å². The van der Waals surface area contributed by atoms with E-state index in [2.05, 4.69) is 5.32 Å². The lowest BCUT2D eigenvalue weighted by atomic mass is 10.1. The molecule has 1 aliphatic rings. The summed E-state index contributed by atoms with van der Waals surface area (Å²) in [5.74, 6) is 0.0916. The molecule has 4 aromatic rings. The second kappa shape index (κ2) is 12.2. The van der Waals surface area contributed by atoms with E-state index < -0.39 is 15.9 Å². The highest BCUT2D eigenvalue weighted by molar-refractivity contribution is 7.89. The van der Waals surface area contributed by atoms with Crippen molar-refractivity contribution in [3.8, 4) is 28.8 Å². The van der Waals surface area contributed by atoms with Crippen LogP contribution in [0.3, 0.4) is 0 Å². The number of anilines is 1. The van der Waals surface area contributed by atoms with E-state index in [1.807, 2.05) is 43.3 Å². The largest absolute Gasteiger partial charge is 0.494 e. The fraction of sp³-hybridized carbons (Fsp3) is 0.194. The summed E-state index contributed by atoms with van der Waals surface area (Å²) in [4.78, 5) is 13.2. The van der Waals surface area contributed by atoms with Crippen LogP contribution >= 0.6 is 0 Å². The number of para-hydroxylation sites is 1. The predicted octanol–water partition coefficient (Wildman–Crippen LogP) is 5.27. The normalized spacial score (nSPS) is 14.0. The van der Waals surface area contributed by atoms with Crippen molar-refractivity contribution in [1.29, 1.82) is 5.26 Å². The number of benzene rings is 3. The van der Waals surface area contributed by atoms with E-state index in [0.717, 1.165) is 18.5 Å². The predicted molar refractivity (Wildman–Crippen MR) is 157 cm³/mol. The Balaban J connectivity index is 1.52. The van der Waals surface area contributed by atoms with Gasteiger partial charge in [0.05, 0.1) is 17.2 Å². The Morgan fingerprint density at radius 3 is 2.46 bits per heavy atom. The highest BCUT2D eigenvalue weighted by Crippen LogP contribution is 2.30. The number of carbonyl (C=O) groups excluding carboxylic acids is 1. The summed E-state index contributed by atoms with van der Waals surface area (Å²) in [6.45, 7) is 3.41. The third-order valence-corrected chi connectivity index (χ3v) is 8.56. The maximum absolute atomic E-state index is 13.3. The molecule has 9 nitrogen and oxygen atoms in total. The number of amides is 1. The number of nitrogens with one attached hydrogen (secondary N) is 1. The van der Waals surface area contributed by atoms with Crippen molar-refractivity contribution in [1.82, 2.24) is 14.1 Å². The van der Waals surface area contributed by atoms with Gasteiger partial charge in [-0.05, 0) is 74.4 Å². The van der Waals surface area contributed by atoms with Gasteiger partial charge in [0.1, 0.15) is 23.1 Å². The van der Waals surface area contributed by atoms with Gasteiger partial charge in [-0.1, -0.05) is 30.3 Å². The molecule has 3 aromatic carbocycles. The van der Waals surface area contributed by atoms with Crippen molar-refractivity contribution in [2.75, 3.05) is 25.0 Å². The summed E-state index contributed by atoms with van der Waals surface area (Å²) >= 11 is 0. The first-order valence-electron chi connectivity index (χ1n) is 13.3. The lowest BCUT2D eigenvalue weighted by Gasteiger charge is -2.16. The molecule has 1 amide bonds. The Kier molecular flexibility index (Phi) is 8.29. The van der Waals surface area contributed by atoms with Gasteiger partial charge in [-0.25, -0.2) is 13.1 Å². The van der Waals surface area contributed by atoms with Crippen molar-refractivity contribution >= 4 is 27.7 Å². The molecule has 0 aliphatic carbocycles. The van der Waals surface area contributed by atoms with Gasteiger partial charge >= 0.3 is 0 Å². The Labute approximate surface area is 239 Å². The van der Waals surface area contributed by atoms with E-state index in [1.165, 1.54) is 10.4 Å². The van der Waals surface area contributed by atoms with Crippen LogP contribution in [0.25, 0.3) is 23.0 Å². The number of aromatic nitrogens is 2. The third-order valence-electron chi connectivity index (χ3n) is 6.66. The maximum Gasteiger partial charge on any atom is 0.266 e. The van der Waals surface area contributed by atoms with Gasteiger partial charge in [-0.3, -0.25) is 4.79 Å². The molecule has 2 heterocycles. The van der Waals surface area contributed by atoms with Crippen molar-refractivity contribution in [2.24, 2.45) is 0 Å². The molecule has 208 valence electrons. The number of hydrogen-bond donors (Lipinski definition) is 1. The number of sulfonamides is 1. The van der Waals surface area contributed by atoms with Crippen LogP contribution in [0.4, 0.5) is 5.69 Å². The first-order chi connectivity index (χ1) is 19.9. The van der Waals surface area contributed by atoms with Crippen LogP contribution in [-0.4, -0.2) is 48.1 Å². The minimum Gasteiger partial charge on any atom is -0.494 e. The van der Waals surface area contributed by atoms with E-state index in [0.29, 0.717) is 48.0 Å². The first-order valence-corrected chi connectivity index (χ1v) is 14.7. The molecule has 1 aliphatic heterocycles. The minimum atomic E-state index is -3.65. The van der Waals surface area contributed by atoms with Gasteiger partial charge in [0.25, 0.3) is 5.91 Å². The molecular formula is C31H29N5O4S. The molecule has 0 radical (unpaired) electrons. The highest BCUT2D eigenvalue weighted by Gasteiger charge is 2.27. The van der Waals surface area contributed by atoms with Gasteiger partial charge in [0.15, 0.2) is 0 Å². The van der Waals surface area contributed by atoms with Crippen LogP contribution in [-0.2, 0) is 14.8 Å². The monoisotopic (exact) mass is 567 g/mol. The summed E-state index contributed by atoms with van der Waals surface area (Å²) in [6, 6.07) is 24.9. The van der Waals surface area contributed by atoms with E-state index in [-0.39, 0.29) is 10.5 Å². The van der Waals surface area contributed by atoms with Crippen molar-refractivity contribution in [3.05, 3.63) is 96.2 Å². The average Bonchev–Trinajstić information content (AvgIpc) is 3.69. The Morgan fingerprint density at radius 2 is 1.78 bits per heavy atom. The number of nitriles is 1. The summed E-state index contributed by atoms with van der Waals surface area (Å²) < 4.78 is 35.1. The molecule has 1 fully saturated rings. The summed E-state index contributed by atoms with van der Waals surface area (Å²) in [5, 5.41) is 17.4. The van der Waals surface area contributed by atoms with E-state index in [4.69, 9.17) is 9.84 Å². The molecule has 0 spiro atoms. The second-order valence-corrected chi connectivity index (χ2v) is 11.4. The summed E-state index contributed by atoms with van der Waals surface area (Å²) in [7, 11) is -3.65. The quantitative estimate of drug-likeness (QED) is 0.218. The lowest BCUT2D eigenvalue weighted by molar-refractivity contribution is -0.112. The van der Waals surface area contributed by atoms with Crippen LogP contribution in [0.5, 0.6) is 5.75 Å². The summed E-state index contributed by atoms with van der Waals surface area (Å²) in [5.41, 5.74) is 2.63. The number of carbonyl (C=O) groups is 1. The topological polar surface area (TPSA) is 117 Å². The first kappa shape index (κ1) is 27.8. The van der Waals surface area contributed by atoms with Crippen molar-refractivity contribution in [3.63, 3.8) is 0 Å². The Hall–Kier alpha value is -4.72. The molecule has 1 N–H and O–H groups in total. The van der Waals surface area contributed by atoms with Gasteiger partial charge in [0.2, 0.25) is 10.0 Å². The standard InChI is InChI=1S/C31H29N5O4S/c1-2-40-28-15-13-26(14-16-28)33-31(37)24(21-32)19-25-22-36(27-10-4-3-5-11-27)34-30(25)23-9-8-12-29(20-23)41(38,39)35-17-6-7-18-35/h3-5,8-16,19-20,22H,2,6-7,17-18H2,1H3,(H,33,37). The van der Waals surface area contributed by atoms with E-state index in [1.54, 1.807) is 59.4 Å². The fourth-order valence-electron chi connectivity index (χ4n) is 4.62. The molecule has 10 heteroatoms. The molecule has 1 aromatic heterocycles. The summed E-state index contributed by atoms with van der Waals surface area (Å²) in [6.07, 6.45) is 4.86. The van der Waals surface area contributed by atoms with Crippen molar-refractivity contribution < 1.29 is 17.9 Å². The van der Waals surface area contributed by atoms with Crippen LogP contribution < -0.4 is 10.1 Å². The molecule has 41 heavy (non-hydrogen) atoms. The van der Waals surface area contributed by atoms with Crippen LogP contribution in [0.1, 0.15) is 25.3 Å². The average molecular weight is 568 g/mol. The minimum absolute atomic E-state index is 0.131. The fourth-order valence-corrected chi connectivity index (χ4v) is 6.18. The van der Waals surface area contributed by atoms with Crippen LogP contribution in [0, 0.1) is 11.3 Å². The van der Waals surface area contributed by atoms with Gasteiger partial charge in [-0.2, -0.15) is 14.7 Å². The van der Waals surface area contributed by atoms with Gasteiger partial charge < -0.3 is 10.1 Å². The molecule has 0 saturated carbocycles. The number of nitrogens with zero attached hydrogens (tertiary/aromatic N) is 4. The smallest absolute Gasteiger partial charge is 0.266 e. The maximum atomic E-state index is 13.3. The highest BCUT2D eigenvalue weighted by atomic mass is 32.2. The van der Waals surface area contributed by atoms with Gasteiger partial charge in [0, 0.05) is 36.1 Å². The molecule has 1 saturated heterocycles. The zero-order valence-electron chi connectivity index (χ0n) is 22.5. The Morgan fingerprint density at radius 1 is 1.05 bits per heavy atom. The third kappa shape index (κ3) is 6.22. The number of rotatable bonds is 9. The SMILES string of the molecule is CCOc1ccc(NC(=O)C(C#N)=Cc2cn(-c3ccccc3)nc2-c2cccc(S(=O)(=O)N3CCCC3)c2)cc1. The molecule has 0 atom stereocenters. The molecular weight excluding hydrogens is 538 g/mol. The molecule has 5 rings (SSSR count). The second-order valence-electron chi connectivity index (χ2n) is 9.43. The Bertz CT molecular complexity index is 1720. The lowest BCUT2D eigenvalue weighted by Crippen LogP contribution is -2.27. The van der Waals surface area contributed by atoms with Crippen LogP contribution in [0.2, 0.25) is 0 Å². The zero-order chi connectivity index (χ0) is 28.8. The van der Waals surface area contributed by atoms with Crippen LogP contribution in [0.15, 0.2) is 95.5 Å².